The number of halogens is 1. The molecule has 4 atom stereocenters. The van der Waals surface area contributed by atoms with Crippen molar-refractivity contribution in [3.63, 3.8) is 0 Å². The molecule has 1 aliphatic carbocycles. The van der Waals surface area contributed by atoms with Gasteiger partial charge in [0.2, 0.25) is 20.6 Å². The fourth-order valence-electron chi connectivity index (χ4n) is 5.52. The molecule has 202 valence electrons. The summed E-state index contributed by atoms with van der Waals surface area (Å²) in [5.74, 6) is -2.02. The molecule has 2 aromatic carbocycles. The number of carbonyl (C=O) groups excluding carboxylic acids is 2. The Morgan fingerprint density at radius 2 is 1.87 bits per heavy atom. The van der Waals surface area contributed by atoms with Crippen LogP contribution in [0.4, 0.5) is 5.69 Å². The molecule has 0 radical (unpaired) electrons. The van der Waals surface area contributed by atoms with Crippen molar-refractivity contribution in [1.29, 1.82) is 0 Å². The lowest BCUT2D eigenvalue weighted by Crippen LogP contribution is -2.50. The van der Waals surface area contributed by atoms with Crippen molar-refractivity contribution in [2.24, 2.45) is 16.8 Å². The van der Waals surface area contributed by atoms with Gasteiger partial charge in [0, 0.05) is 60.2 Å². The number of aryl methyl sites for hydroxylation is 2. The number of aromatic nitrogens is 1. The third-order valence-corrected chi connectivity index (χ3v) is 10.5. The number of hydrogen-bond acceptors (Lipinski definition) is 6. The number of amides is 2. The number of benzene rings is 2. The van der Waals surface area contributed by atoms with E-state index in [0.717, 1.165) is 5.56 Å². The minimum Gasteiger partial charge on any atom is -0.356 e. The van der Waals surface area contributed by atoms with Crippen LogP contribution in [0.1, 0.15) is 41.5 Å². The monoisotopic (exact) mass is 564 g/mol. The highest BCUT2D eigenvalue weighted by Gasteiger charge is 2.67. The Morgan fingerprint density at radius 1 is 1.15 bits per heavy atom. The molecule has 8 nitrogen and oxygen atoms in total. The summed E-state index contributed by atoms with van der Waals surface area (Å²) >= 11 is 6.30. The van der Waals surface area contributed by atoms with Crippen LogP contribution in [0.5, 0.6) is 0 Å². The molecule has 10 heteroatoms. The molecule has 4 unspecified atom stereocenters. The van der Waals surface area contributed by atoms with Crippen molar-refractivity contribution in [1.82, 2.24) is 10.3 Å². The van der Waals surface area contributed by atoms with Gasteiger partial charge in [-0.2, -0.15) is 0 Å². The number of fused-ring (bicyclic) bond motifs is 1. The van der Waals surface area contributed by atoms with Gasteiger partial charge in [-0.05, 0) is 73.2 Å². The number of benzodiazepines with no additional fused rings is 1. The molecular weight excluding hydrogens is 536 g/mol. The predicted molar refractivity (Wildman–Crippen MR) is 151 cm³/mol. The van der Waals surface area contributed by atoms with E-state index in [4.69, 9.17) is 11.6 Å². The van der Waals surface area contributed by atoms with Gasteiger partial charge in [-0.1, -0.05) is 29.8 Å². The van der Waals surface area contributed by atoms with Crippen LogP contribution in [-0.4, -0.2) is 42.8 Å². The fraction of sp³-hybridized carbons (Fsp3) is 0.310. The lowest BCUT2D eigenvalue weighted by Gasteiger charge is -2.30. The van der Waals surface area contributed by atoms with Gasteiger partial charge in [0.15, 0.2) is 0 Å². The smallest absolute Gasteiger partial charge is 0.268 e. The Morgan fingerprint density at radius 3 is 2.59 bits per heavy atom. The number of hydrogen-bond donors (Lipinski definition) is 2. The third kappa shape index (κ3) is 4.74. The molecule has 1 fully saturated rings. The average molecular weight is 565 g/mol. The summed E-state index contributed by atoms with van der Waals surface area (Å²) in [4.78, 5) is 32.6. The van der Waals surface area contributed by atoms with E-state index in [2.05, 4.69) is 20.6 Å². The second-order valence-electron chi connectivity index (χ2n) is 10.2. The first-order valence-electron chi connectivity index (χ1n) is 12.7. The molecule has 0 saturated heterocycles. The van der Waals surface area contributed by atoms with Crippen molar-refractivity contribution in [3.05, 3.63) is 88.2 Å². The van der Waals surface area contributed by atoms with Gasteiger partial charge in [-0.3, -0.25) is 19.6 Å². The number of nitrogens with one attached hydrogen (secondary N) is 2. The first kappa shape index (κ1) is 27.0. The molecule has 0 bridgehead atoms. The van der Waals surface area contributed by atoms with E-state index in [0.29, 0.717) is 40.4 Å². The predicted octanol–water partition coefficient (Wildman–Crippen LogP) is 4.45. The summed E-state index contributed by atoms with van der Waals surface area (Å²) < 4.78 is 29.3. The molecule has 1 aromatic heterocycles. The Labute approximate surface area is 232 Å². The van der Waals surface area contributed by atoms with Gasteiger partial charge in [-0.25, -0.2) is 8.42 Å². The number of sulfone groups is 1. The molecule has 2 heterocycles. The summed E-state index contributed by atoms with van der Waals surface area (Å²) in [6.45, 7) is 5.12. The summed E-state index contributed by atoms with van der Waals surface area (Å²) in [6.07, 6.45) is 5.23. The molecule has 2 amide bonds. The molecular formula is C29H29ClN4O4S. The summed E-state index contributed by atoms with van der Waals surface area (Å²) in [5, 5.41) is 6.17. The van der Waals surface area contributed by atoms with Gasteiger partial charge < -0.3 is 10.6 Å². The van der Waals surface area contributed by atoms with E-state index in [-0.39, 0.29) is 22.6 Å². The molecule has 1 aliphatic heterocycles. The van der Waals surface area contributed by atoms with Crippen LogP contribution in [0.3, 0.4) is 0 Å². The van der Waals surface area contributed by atoms with Crippen LogP contribution < -0.4 is 10.6 Å². The third-order valence-electron chi connectivity index (χ3n) is 7.65. The zero-order chi connectivity index (χ0) is 27.9. The summed E-state index contributed by atoms with van der Waals surface area (Å²) in [5.41, 5.74) is 3.04. The Kier molecular flexibility index (Phi) is 7.07. The highest BCUT2D eigenvalue weighted by molar-refractivity contribution is 7.93. The van der Waals surface area contributed by atoms with Crippen LogP contribution in [0, 0.1) is 25.7 Å². The van der Waals surface area contributed by atoms with Crippen LogP contribution in [0.15, 0.2) is 70.8 Å². The van der Waals surface area contributed by atoms with E-state index in [9.17, 15) is 18.0 Å². The quantitative estimate of drug-likeness (QED) is 0.439. The van der Waals surface area contributed by atoms with Crippen molar-refractivity contribution >= 4 is 45.2 Å². The molecule has 3 aromatic rings. The van der Waals surface area contributed by atoms with Gasteiger partial charge in [0.1, 0.15) is 0 Å². The van der Waals surface area contributed by atoms with E-state index in [1.807, 2.05) is 12.1 Å². The van der Waals surface area contributed by atoms with Gasteiger partial charge in [0.05, 0.1) is 4.90 Å². The second-order valence-corrected chi connectivity index (χ2v) is 12.7. The topological polar surface area (TPSA) is 118 Å². The summed E-state index contributed by atoms with van der Waals surface area (Å²) in [7, 11) is -4.37. The molecule has 2 aliphatic rings. The van der Waals surface area contributed by atoms with Crippen LogP contribution in [0.25, 0.3) is 0 Å². The molecule has 5 rings (SSSR count). The number of anilines is 1. The maximum atomic E-state index is 14.7. The molecule has 1 saturated carbocycles. The zero-order valence-corrected chi connectivity index (χ0v) is 23.4. The number of para-hydroxylation sites is 1. The van der Waals surface area contributed by atoms with Crippen molar-refractivity contribution < 1.29 is 18.0 Å². The van der Waals surface area contributed by atoms with Gasteiger partial charge in [0.25, 0.3) is 5.91 Å². The van der Waals surface area contributed by atoms with E-state index in [1.54, 1.807) is 56.6 Å². The van der Waals surface area contributed by atoms with E-state index < -0.39 is 26.5 Å². The highest BCUT2D eigenvalue weighted by Crippen LogP contribution is 2.58. The normalized spacial score (nSPS) is 22.8. The lowest BCUT2D eigenvalue weighted by atomic mass is 9.92. The standard InChI is InChI=1S/C29H29ClN4O4S/c1-17-13-27(18(2)12-25(17)30)39(37,38)29(28(36)34-26-7-5-4-6-21(26)15-33-29)24-14-22(24)23(16-32-19(3)35)20-8-10-31-11-9-20/h4-13,15,22-24H,14,16H2,1-3H3,(H,32,35)(H,34,36). The minimum atomic E-state index is -4.37. The van der Waals surface area contributed by atoms with Crippen molar-refractivity contribution in [2.75, 3.05) is 11.9 Å². The Bertz CT molecular complexity index is 1590. The Hall–Kier alpha value is -3.56. The lowest BCUT2D eigenvalue weighted by molar-refractivity contribution is -0.120. The first-order valence-corrected chi connectivity index (χ1v) is 14.5. The maximum Gasteiger partial charge on any atom is 0.268 e. The van der Waals surface area contributed by atoms with Crippen molar-refractivity contribution in [3.8, 4) is 0 Å². The van der Waals surface area contributed by atoms with Crippen molar-refractivity contribution in [2.45, 2.75) is 42.9 Å². The number of rotatable bonds is 7. The van der Waals surface area contributed by atoms with Gasteiger partial charge >= 0.3 is 0 Å². The SMILES string of the molecule is CC(=O)NCC(c1ccncc1)C1CC1C1(S(=O)(=O)c2cc(C)c(Cl)cc2C)N=Cc2ccccc2NC1=O. The fourth-order valence-corrected chi connectivity index (χ4v) is 8.04. The van der Waals surface area contributed by atoms with Crippen LogP contribution >= 0.6 is 11.6 Å². The maximum absolute atomic E-state index is 14.7. The first-order chi connectivity index (χ1) is 18.6. The number of pyridine rings is 1. The number of aliphatic imine (C=N–C) groups is 1. The van der Waals surface area contributed by atoms with E-state index in [1.165, 1.54) is 19.2 Å². The molecule has 39 heavy (non-hydrogen) atoms. The highest BCUT2D eigenvalue weighted by atomic mass is 35.5. The van der Waals surface area contributed by atoms with Crippen LogP contribution in [-0.2, 0) is 19.4 Å². The second kappa shape index (κ2) is 10.2. The molecule has 2 N–H and O–H groups in total. The number of carbonyl (C=O) groups is 2. The minimum absolute atomic E-state index is 0.0237. The zero-order valence-electron chi connectivity index (χ0n) is 21.8. The van der Waals surface area contributed by atoms with Crippen LogP contribution in [0.2, 0.25) is 5.02 Å². The largest absolute Gasteiger partial charge is 0.356 e. The number of nitrogens with zero attached hydrogens (tertiary/aromatic N) is 2. The molecule has 0 spiro atoms. The average Bonchev–Trinajstić information content (AvgIpc) is 3.70. The Balaban J connectivity index is 1.66. The van der Waals surface area contributed by atoms with Gasteiger partial charge in [-0.15, -0.1) is 0 Å². The summed E-state index contributed by atoms with van der Waals surface area (Å²) in [6, 6.07) is 13.9. The van der Waals surface area contributed by atoms with E-state index >= 15 is 0 Å².